The van der Waals surface area contributed by atoms with Crippen molar-refractivity contribution in [2.24, 2.45) is 4.99 Å². The average molecular weight is 269 g/mol. The minimum atomic E-state index is 0.309. The first-order valence-corrected chi connectivity index (χ1v) is 6.92. The number of methoxy groups -OCH3 is 1. The van der Waals surface area contributed by atoms with E-state index in [1.807, 2.05) is 36.4 Å². The predicted octanol–water partition coefficient (Wildman–Crippen LogP) is 4.79. The molecule has 2 aromatic rings. The highest BCUT2D eigenvalue weighted by atomic mass is 16.5. The molecule has 0 spiro atoms. The van der Waals surface area contributed by atoms with Gasteiger partial charge in [0.05, 0.1) is 15.5 Å². The van der Waals surface area contributed by atoms with Gasteiger partial charge < -0.3 is 4.74 Å². The van der Waals surface area contributed by atoms with Crippen molar-refractivity contribution in [3.05, 3.63) is 59.6 Å². The number of unbranched alkanes of at least 4 members (excludes halogenated alkanes) is 1. The number of ether oxygens (including phenoxy) is 1. The summed E-state index contributed by atoms with van der Waals surface area (Å²) in [6, 6.07) is 11.8. The molecule has 0 amide bonds. The van der Waals surface area contributed by atoms with Gasteiger partial charge in [0.25, 0.3) is 0 Å². The van der Waals surface area contributed by atoms with E-state index in [1.165, 1.54) is 0 Å². The van der Waals surface area contributed by atoms with Gasteiger partial charge in [-0.3, -0.25) is 4.99 Å². The first kappa shape index (κ1) is 11.7. The molecule has 20 heavy (non-hydrogen) atoms. The summed E-state index contributed by atoms with van der Waals surface area (Å²) in [4.78, 5) is 4.31. The molecule has 2 rings (SSSR count). The molecule has 0 heterocycles. The zero-order valence-corrected chi connectivity index (χ0v) is 12.0. The smallest absolute Gasteiger partial charge is 0.118 e. The van der Waals surface area contributed by atoms with Crippen molar-refractivity contribution in [2.45, 2.75) is 26.2 Å². The van der Waals surface area contributed by atoms with E-state index in [-0.39, 0.29) is 0 Å². The number of hydrogen-bond donors (Lipinski definition) is 0. The number of benzene rings is 2. The van der Waals surface area contributed by atoms with Crippen LogP contribution in [0.3, 0.4) is 0 Å². The quantitative estimate of drug-likeness (QED) is 0.691. The van der Waals surface area contributed by atoms with Crippen LogP contribution in [0, 0.1) is 0 Å². The van der Waals surface area contributed by atoms with Crippen LogP contribution in [-0.4, -0.2) is 13.3 Å². The molecule has 2 heteroatoms. The van der Waals surface area contributed by atoms with Crippen LogP contribution in [0.4, 0.5) is 5.69 Å². The van der Waals surface area contributed by atoms with Crippen LogP contribution in [0.25, 0.3) is 0 Å². The molecule has 0 N–H and O–H groups in total. The SMILES string of the molecule is [2H]c1cc(CCCC)cc([2H])c1N=Cc1ccc(OC)cc1. The van der Waals surface area contributed by atoms with Crippen LogP contribution in [-0.2, 0) is 6.42 Å². The Bertz CT molecular complexity index is 628. The van der Waals surface area contributed by atoms with Crippen LogP contribution in [0.15, 0.2) is 53.5 Å². The molecule has 0 radical (unpaired) electrons. The molecule has 0 atom stereocenters. The molecule has 0 bridgehead atoms. The summed E-state index contributed by atoms with van der Waals surface area (Å²) in [5.74, 6) is 0.791. The lowest BCUT2D eigenvalue weighted by molar-refractivity contribution is 0.415. The minimum absolute atomic E-state index is 0.309. The molecule has 0 aromatic heterocycles. The Morgan fingerprint density at radius 1 is 1.15 bits per heavy atom. The second-order valence-corrected chi connectivity index (χ2v) is 4.64. The highest BCUT2D eigenvalue weighted by Gasteiger charge is 1.94. The molecule has 2 aromatic carbocycles. The molecule has 0 aliphatic heterocycles. The van der Waals surface area contributed by atoms with Crippen LogP contribution in [0.1, 0.15) is 33.6 Å². The molecular weight excluding hydrogens is 246 g/mol. The van der Waals surface area contributed by atoms with Crippen LogP contribution >= 0.6 is 0 Å². The lowest BCUT2D eigenvalue weighted by Crippen LogP contribution is -1.85. The Morgan fingerprint density at radius 2 is 1.85 bits per heavy atom. The maximum atomic E-state index is 8.06. The van der Waals surface area contributed by atoms with Gasteiger partial charge in [0, 0.05) is 6.21 Å². The van der Waals surface area contributed by atoms with E-state index in [0.29, 0.717) is 17.8 Å². The Kier molecular flexibility index (Phi) is 4.38. The monoisotopic (exact) mass is 269 g/mol. The summed E-state index contributed by atoms with van der Waals surface area (Å²) < 4.78 is 21.2. The van der Waals surface area contributed by atoms with Gasteiger partial charge in [-0.15, -0.1) is 0 Å². The van der Waals surface area contributed by atoms with Gasteiger partial charge in [-0.05, 0) is 60.3 Å². The highest BCUT2D eigenvalue weighted by molar-refractivity contribution is 5.82. The molecule has 0 aliphatic rings. The lowest BCUT2D eigenvalue weighted by Gasteiger charge is -2.01. The first-order valence-electron chi connectivity index (χ1n) is 7.92. The third-order valence-electron chi connectivity index (χ3n) is 3.07. The Labute approximate surface area is 123 Å². The van der Waals surface area contributed by atoms with Crippen molar-refractivity contribution in [1.82, 2.24) is 0 Å². The summed E-state index contributed by atoms with van der Waals surface area (Å²) in [6.45, 7) is 2.14. The summed E-state index contributed by atoms with van der Waals surface area (Å²) >= 11 is 0. The number of aryl methyl sites for hydroxylation is 1. The van der Waals surface area contributed by atoms with Crippen molar-refractivity contribution in [3.63, 3.8) is 0 Å². The van der Waals surface area contributed by atoms with Gasteiger partial charge in [0.1, 0.15) is 5.75 Å². The van der Waals surface area contributed by atoms with Gasteiger partial charge in [-0.2, -0.15) is 0 Å². The van der Waals surface area contributed by atoms with Crippen LogP contribution < -0.4 is 4.74 Å². The van der Waals surface area contributed by atoms with E-state index in [1.54, 1.807) is 13.3 Å². The van der Waals surface area contributed by atoms with Gasteiger partial charge in [-0.25, -0.2) is 0 Å². The zero-order valence-electron chi connectivity index (χ0n) is 14.0. The van der Waals surface area contributed by atoms with Crippen LogP contribution in [0.5, 0.6) is 5.75 Å². The topological polar surface area (TPSA) is 21.6 Å². The molecular formula is C18H21NO. The Balaban J connectivity index is 2.19. The minimum Gasteiger partial charge on any atom is -0.497 e. The molecule has 0 aliphatic carbocycles. The molecule has 0 saturated heterocycles. The van der Waals surface area contributed by atoms with Gasteiger partial charge in [0.2, 0.25) is 0 Å². The van der Waals surface area contributed by atoms with E-state index >= 15 is 0 Å². The van der Waals surface area contributed by atoms with E-state index in [2.05, 4.69) is 11.9 Å². The summed E-state index contributed by atoms with van der Waals surface area (Å²) in [6.07, 6.45) is 4.78. The lowest BCUT2D eigenvalue weighted by atomic mass is 10.1. The van der Waals surface area contributed by atoms with E-state index in [4.69, 9.17) is 7.48 Å². The van der Waals surface area contributed by atoms with E-state index in [9.17, 15) is 0 Å². The zero-order chi connectivity index (χ0) is 15.9. The summed E-state index contributed by atoms with van der Waals surface area (Å²) in [5.41, 5.74) is 2.37. The van der Waals surface area contributed by atoms with Crippen molar-refractivity contribution < 1.29 is 7.48 Å². The Hall–Kier alpha value is -2.09. The predicted molar refractivity (Wildman–Crippen MR) is 85.3 cm³/mol. The fourth-order valence-electron chi connectivity index (χ4n) is 1.83. The maximum Gasteiger partial charge on any atom is 0.118 e. The molecule has 0 unspecified atom stereocenters. The first-order chi connectivity index (χ1) is 10.6. The van der Waals surface area contributed by atoms with Gasteiger partial charge in [0.15, 0.2) is 0 Å². The fourth-order valence-corrected chi connectivity index (χ4v) is 1.83. The summed E-state index contributed by atoms with van der Waals surface area (Å²) in [5, 5.41) is 0. The van der Waals surface area contributed by atoms with Crippen LogP contribution in [0.2, 0.25) is 0 Å². The molecule has 104 valence electrons. The standard InChI is InChI=1S/C18H21NO/c1-3-4-5-15-6-10-17(11-7-15)19-14-16-8-12-18(20-2)13-9-16/h6-14H,3-5H2,1-2H3/i10D,11D. The number of rotatable bonds is 6. The molecule has 2 nitrogen and oxygen atoms in total. The largest absolute Gasteiger partial charge is 0.497 e. The maximum absolute atomic E-state index is 8.06. The second-order valence-electron chi connectivity index (χ2n) is 4.64. The van der Waals surface area contributed by atoms with Crippen molar-refractivity contribution in [2.75, 3.05) is 7.11 Å². The molecule has 0 fully saturated rings. The van der Waals surface area contributed by atoms with Crippen molar-refractivity contribution in [1.29, 1.82) is 0 Å². The van der Waals surface area contributed by atoms with E-state index < -0.39 is 0 Å². The number of aliphatic imine (C=N–C) groups is 1. The third-order valence-corrected chi connectivity index (χ3v) is 3.07. The highest BCUT2D eigenvalue weighted by Crippen LogP contribution is 2.15. The average Bonchev–Trinajstić information content (AvgIpc) is 2.52. The fraction of sp³-hybridized carbons (Fsp3) is 0.278. The summed E-state index contributed by atoms with van der Waals surface area (Å²) in [7, 11) is 1.63. The Morgan fingerprint density at radius 3 is 2.45 bits per heavy atom. The van der Waals surface area contributed by atoms with E-state index in [0.717, 1.165) is 36.1 Å². The third kappa shape index (κ3) is 4.23. The normalized spacial score (nSPS) is 12.3. The van der Waals surface area contributed by atoms with Gasteiger partial charge in [-0.1, -0.05) is 25.5 Å². The van der Waals surface area contributed by atoms with Gasteiger partial charge >= 0.3 is 0 Å². The molecule has 0 saturated carbocycles. The van der Waals surface area contributed by atoms with Crippen molar-refractivity contribution >= 4 is 11.9 Å². The number of nitrogens with zero attached hydrogens (tertiary/aromatic N) is 1. The van der Waals surface area contributed by atoms with Crippen molar-refractivity contribution in [3.8, 4) is 5.75 Å². The number of hydrogen-bond acceptors (Lipinski definition) is 2. The second kappa shape index (κ2) is 7.49.